The van der Waals surface area contributed by atoms with Gasteiger partial charge in [0.1, 0.15) is 0 Å². The topological polar surface area (TPSA) is 70.6 Å². The summed E-state index contributed by atoms with van der Waals surface area (Å²) in [7, 11) is 0. The number of guanidine groups is 1. The molecule has 1 aromatic carbocycles. The van der Waals surface area contributed by atoms with Crippen molar-refractivity contribution in [3.63, 3.8) is 0 Å². The Morgan fingerprint density at radius 3 is 3.00 bits per heavy atom. The second-order valence-corrected chi connectivity index (χ2v) is 4.98. The van der Waals surface area contributed by atoms with Crippen LogP contribution in [0.1, 0.15) is 24.5 Å². The zero-order valence-electron chi connectivity index (χ0n) is 10.8. The SMILES string of the molecule is CC(CO)CN=C(N)Nc1ccc2c(c1)CCC2. The Balaban J connectivity index is 1.96. The van der Waals surface area contributed by atoms with E-state index in [-0.39, 0.29) is 12.5 Å². The number of anilines is 1. The van der Waals surface area contributed by atoms with Gasteiger partial charge < -0.3 is 16.2 Å². The fourth-order valence-corrected chi connectivity index (χ4v) is 2.15. The number of fused-ring (bicyclic) bond motifs is 1. The fraction of sp³-hybridized carbons (Fsp3) is 0.500. The lowest BCUT2D eigenvalue weighted by Crippen LogP contribution is -2.24. The van der Waals surface area contributed by atoms with Gasteiger partial charge in [-0.3, -0.25) is 4.99 Å². The van der Waals surface area contributed by atoms with E-state index in [4.69, 9.17) is 10.8 Å². The molecule has 18 heavy (non-hydrogen) atoms. The molecule has 0 saturated heterocycles. The zero-order valence-corrected chi connectivity index (χ0v) is 10.8. The van der Waals surface area contributed by atoms with E-state index in [0.717, 1.165) is 12.1 Å². The molecule has 1 unspecified atom stereocenters. The van der Waals surface area contributed by atoms with E-state index >= 15 is 0 Å². The predicted molar refractivity (Wildman–Crippen MR) is 74.8 cm³/mol. The molecule has 0 heterocycles. The number of aryl methyl sites for hydroxylation is 2. The number of benzene rings is 1. The van der Waals surface area contributed by atoms with Crippen LogP contribution < -0.4 is 11.1 Å². The lowest BCUT2D eigenvalue weighted by atomic mass is 10.1. The van der Waals surface area contributed by atoms with E-state index in [0.29, 0.717) is 12.5 Å². The van der Waals surface area contributed by atoms with E-state index in [2.05, 4.69) is 22.4 Å². The number of aliphatic imine (C=N–C) groups is 1. The Morgan fingerprint density at radius 1 is 1.44 bits per heavy atom. The average molecular weight is 247 g/mol. The third kappa shape index (κ3) is 3.23. The standard InChI is InChI=1S/C14H21N3O/c1-10(9-18)8-16-14(15)17-13-6-5-11-3-2-4-12(11)7-13/h5-7,10,18H,2-4,8-9H2,1H3,(H3,15,16,17). The summed E-state index contributed by atoms with van der Waals surface area (Å²) in [6, 6.07) is 6.36. The molecule has 4 nitrogen and oxygen atoms in total. The summed E-state index contributed by atoms with van der Waals surface area (Å²) in [5, 5.41) is 12.0. The van der Waals surface area contributed by atoms with Crippen molar-refractivity contribution in [2.45, 2.75) is 26.2 Å². The van der Waals surface area contributed by atoms with Gasteiger partial charge in [0.05, 0.1) is 0 Å². The van der Waals surface area contributed by atoms with Crippen LogP contribution in [-0.4, -0.2) is 24.2 Å². The molecule has 0 spiro atoms. The second kappa shape index (κ2) is 5.87. The Hall–Kier alpha value is -1.55. The van der Waals surface area contributed by atoms with Crippen molar-refractivity contribution < 1.29 is 5.11 Å². The third-order valence-corrected chi connectivity index (χ3v) is 3.26. The lowest BCUT2D eigenvalue weighted by Gasteiger charge is -2.09. The van der Waals surface area contributed by atoms with Crippen molar-refractivity contribution in [1.29, 1.82) is 0 Å². The van der Waals surface area contributed by atoms with Crippen LogP contribution in [-0.2, 0) is 12.8 Å². The minimum atomic E-state index is 0.135. The van der Waals surface area contributed by atoms with Gasteiger partial charge in [0, 0.05) is 18.8 Å². The quantitative estimate of drug-likeness (QED) is 0.558. The number of nitrogens with zero attached hydrogens (tertiary/aromatic N) is 1. The van der Waals surface area contributed by atoms with E-state index in [1.807, 2.05) is 13.0 Å². The smallest absolute Gasteiger partial charge is 0.193 e. The lowest BCUT2D eigenvalue weighted by molar-refractivity contribution is 0.242. The first-order chi connectivity index (χ1) is 8.69. The highest BCUT2D eigenvalue weighted by atomic mass is 16.3. The summed E-state index contributed by atoms with van der Waals surface area (Å²) >= 11 is 0. The second-order valence-electron chi connectivity index (χ2n) is 4.98. The predicted octanol–water partition coefficient (Wildman–Crippen LogP) is 1.53. The first kappa shape index (κ1) is 12.9. The largest absolute Gasteiger partial charge is 0.396 e. The molecule has 0 saturated carbocycles. The Kier molecular flexibility index (Phi) is 4.20. The van der Waals surface area contributed by atoms with Crippen LogP contribution >= 0.6 is 0 Å². The molecule has 0 amide bonds. The molecule has 0 radical (unpaired) electrons. The summed E-state index contributed by atoms with van der Waals surface area (Å²) in [6.45, 7) is 2.61. The molecule has 4 heteroatoms. The molecule has 0 bridgehead atoms. The van der Waals surface area contributed by atoms with Crippen molar-refractivity contribution in [2.24, 2.45) is 16.6 Å². The van der Waals surface area contributed by atoms with Crippen LogP contribution in [0.5, 0.6) is 0 Å². The number of rotatable bonds is 4. The van der Waals surface area contributed by atoms with Crippen LogP contribution in [0.2, 0.25) is 0 Å². The zero-order chi connectivity index (χ0) is 13.0. The Morgan fingerprint density at radius 2 is 2.22 bits per heavy atom. The van der Waals surface area contributed by atoms with Crippen LogP contribution in [0.25, 0.3) is 0 Å². The molecular formula is C14H21N3O. The molecule has 0 aliphatic heterocycles. The molecule has 0 fully saturated rings. The molecule has 0 aromatic heterocycles. The Labute approximate surface area is 108 Å². The van der Waals surface area contributed by atoms with Gasteiger partial charge >= 0.3 is 0 Å². The number of aliphatic hydroxyl groups excluding tert-OH is 1. The van der Waals surface area contributed by atoms with Crippen LogP contribution in [0.4, 0.5) is 5.69 Å². The molecule has 1 aromatic rings. The molecule has 2 rings (SSSR count). The van der Waals surface area contributed by atoms with E-state index in [1.54, 1.807) is 0 Å². The van der Waals surface area contributed by atoms with Crippen molar-refractivity contribution in [3.8, 4) is 0 Å². The van der Waals surface area contributed by atoms with E-state index in [1.165, 1.54) is 24.0 Å². The van der Waals surface area contributed by atoms with Gasteiger partial charge in [-0.25, -0.2) is 0 Å². The monoisotopic (exact) mass is 247 g/mol. The number of aliphatic hydroxyl groups is 1. The maximum atomic E-state index is 8.91. The Bertz CT molecular complexity index is 443. The first-order valence-corrected chi connectivity index (χ1v) is 6.48. The maximum Gasteiger partial charge on any atom is 0.193 e. The minimum Gasteiger partial charge on any atom is -0.396 e. The number of hydrogen-bond acceptors (Lipinski definition) is 2. The summed E-state index contributed by atoms with van der Waals surface area (Å²) in [5.41, 5.74) is 9.67. The molecular weight excluding hydrogens is 226 g/mol. The van der Waals surface area contributed by atoms with Gasteiger partial charge in [-0.05, 0) is 48.4 Å². The minimum absolute atomic E-state index is 0.135. The van der Waals surface area contributed by atoms with E-state index in [9.17, 15) is 0 Å². The van der Waals surface area contributed by atoms with Crippen molar-refractivity contribution in [3.05, 3.63) is 29.3 Å². The first-order valence-electron chi connectivity index (χ1n) is 6.48. The van der Waals surface area contributed by atoms with Gasteiger partial charge in [0.15, 0.2) is 5.96 Å². The van der Waals surface area contributed by atoms with E-state index < -0.39 is 0 Å². The highest BCUT2D eigenvalue weighted by Gasteiger charge is 2.10. The van der Waals surface area contributed by atoms with Gasteiger partial charge in [-0.15, -0.1) is 0 Å². The van der Waals surface area contributed by atoms with Gasteiger partial charge in [0.2, 0.25) is 0 Å². The summed E-state index contributed by atoms with van der Waals surface area (Å²) in [5.74, 6) is 0.554. The van der Waals surface area contributed by atoms with Gasteiger partial charge in [-0.1, -0.05) is 13.0 Å². The van der Waals surface area contributed by atoms with Crippen LogP contribution in [0, 0.1) is 5.92 Å². The van der Waals surface area contributed by atoms with Crippen molar-refractivity contribution in [1.82, 2.24) is 0 Å². The summed E-state index contributed by atoms with van der Waals surface area (Å²) in [4.78, 5) is 4.21. The number of nitrogens with one attached hydrogen (secondary N) is 1. The number of hydrogen-bond donors (Lipinski definition) is 3. The van der Waals surface area contributed by atoms with Gasteiger partial charge in [0.25, 0.3) is 0 Å². The maximum absolute atomic E-state index is 8.91. The van der Waals surface area contributed by atoms with Crippen LogP contribution in [0.3, 0.4) is 0 Å². The normalized spacial score (nSPS) is 16.4. The molecule has 1 aliphatic rings. The number of nitrogens with two attached hydrogens (primary N) is 1. The van der Waals surface area contributed by atoms with Crippen LogP contribution in [0.15, 0.2) is 23.2 Å². The average Bonchev–Trinajstić information content (AvgIpc) is 2.83. The molecule has 4 N–H and O–H groups in total. The molecule has 1 atom stereocenters. The summed E-state index contributed by atoms with van der Waals surface area (Å²) < 4.78 is 0. The highest BCUT2D eigenvalue weighted by Crippen LogP contribution is 2.24. The molecule has 98 valence electrons. The summed E-state index contributed by atoms with van der Waals surface area (Å²) in [6.07, 6.45) is 3.59. The van der Waals surface area contributed by atoms with Crippen molar-refractivity contribution >= 4 is 11.6 Å². The highest BCUT2D eigenvalue weighted by molar-refractivity contribution is 5.92. The third-order valence-electron chi connectivity index (χ3n) is 3.26. The fourth-order valence-electron chi connectivity index (χ4n) is 2.15. The van der Waals surface area contributed by atoms with Gasteiger partial charge in [-0.2, -0.15) is 0 Å². The molecule has 1 aliphatic carbocycles. The van der Waals surface area contributed by atoms with Crippen molar-refractivity contribution in [2.75, 3.05) is 18.5 Å².